The van der Waals surface area contributed by atoms with Gasteiger partial charge in [-0.05, 0) is 51.0 Å². The van der Waals surface area contributed by atoms with E-state index in [4.69, 9.17) is 9.84 Å². The topological polar surface area (TPSA) is 47.4 Å². The number of carbonyl (C=O) groups excluding carboxylic acids is 1. The van der Waals surface area contributed by atoms with Gasteiger partial charge in [0.15, 0.2) is 0 Å². The Kier molecular flexibility index (Phi) is 6.66. The maximum absolute atomic E-state index is 12.8. The molecule has 0 bridgehead atoms. The smallest absolute Gasteiger partial charge is 0.226 e. The van der Waals surface area contributed by atoms with Crippen molar-refractivity contribution in [2.45, 2.75) is 33.6 Å². The van der Waals surface area contributed by atoms with Crippen LogP contribution in [-0.4, -0.2) is 45.2 Å². The summed E-state index contributed by atoms with van der Waals surface area (Å²) < 4.78 is 8.25. The van der Waals surface area contributed by atoms with Gasteiger partial charge in [-0.25, -0.2) is 0 Å². The highest BCUT2D eigenvalue weighted by molar-refractivity contribution is 7.99. The van der Waals surface area contributed by atoms with Crippen molar-refractivity contribution in [3.8, 4) is 17.3 Å². The number of hydrogen-bond donors (Lipinski definition) is 0. The third-order valence-electron chi connectivity index (χ3n) is 5.67. The van der Waals surface area contributed by atoms with Gasteiger partial charge in [-0.3, -0.25) is 4.79 Å². The molecule has 31 heavy (non-hydrogen) atoms. The monoisotopic (exact) mass is 435 g/mol. The Labute approximate surface area is 188 Å². The van der Waals surface area contributed by atoms with E-state index in [0.717, 1.165) is 52.9 Å². The van der Waals surface area contributed by atoms with Crippen molar-refractivity contribution in [1.29, 1.82) is 0 Å². The average Bonchev–Trinajstić information content (AvgIpc) is 3.09. The van der Waals surface area contributed by atoms with E-state index in [-0.39, 0.29) is 5.91 Å². The molecule has 2 heterocycles. The lowest BCUT2D eigenvalue weighted by Crippen LogP contribution is -2.38. The van der Waals surface area contributed by atoms with Gasteiger partial charge in [0.1, 0.15) is 5.75 Å². The van der Waals surface area contributed by atoms with Crippen LogP contribution >= 0.6 is 11.8 Å². The zero-order chi connectivity index (χ0) is 21.8. The van der Waals surface area contributed by atoms with Crippen LogP contribution in [0.4, 0.5) is 0 Å². The minimum atomic E-state index is 0.213. The molecule has 162 valence electrons. The van der Waals surface area contributed by atoms with Gasteiger partial charge in [0, 0.05) is 36.6 Å². The SMILES string of the molecule is Cc1ccc(Oc2c(CCC(=O)N3CCSCC3)c(C)nn2-c2ccccc2C)cc1. The van der Waals surface area contributed by atoms with E-state index in [2.05, 4.69) is 19.9 Å². The Balaban J connectivity index is 1.65. The quantitative estimate of drug-likeness (QED) is 0.541. The predicted octanol–water partition coefficient (Wildman–Crippen LogP) is 5.10. The van der Waals surface area contributed by atoms with E-state index in [9.17, 15) is 4.79 Å². The minimum Gasteiger partial charge on any atom is -0.439 e. The molecule has 5 nitrogen and oxygen atoms in total. The summed E-state index contributed by atoms with van der Waals surface area (Å²) in [5.74, 6) is 3.72. The highest BCUT2D eigenvalue weighted by Gasteiger charge is 2.22. The number of aromatic nitrogens is 2. The summed E-state index contributed by atoms with van der Waals surface area (Å²) in [6.07, 6.45) is 1.08. The fourth-order valence-corrected chi connectivity index (χ4v) is 4.72. The van der Waals surface area contributed by atoms with Crippen LogP contribution in [0.1, 0.15) is 28.8 Å². The summed E-state index contributed by atoms with van der Waals surface area (Å²) >= 11 is 1.91. The molecule has 0 unspecified atom stereocenters. The van der Waals surface area contributed by atoms with Crippen LogP contribution < -0.4 is 4.74 Å². The van der Waals surface area contributed by atoms with Gasteiger partial charge in [0.25, 0.3) is 0 Å². The Bertz CT molecular complexity index is 1050. The number of para-hydroxylation sites is 1. The first-order chi connectivity index (χ1) is 15.0. The second kappa shape index (κ2) is 9.60. The van der Waals surface area contributed by atoms with Crippen LogP contribution in [0.5, 0.6) is 11.6 Å². The number of thioether (sulfide) groups is 1. The zero-order valence-electron chi connectivity index (χ0n) is 18.4. The molecule has 1 saturated heterocycles. The number of nitrogens with zero attached hydrogens (tertiary/aromatic N) is 3. The first-order valence-electron chi connectivity index (χ1n) is 10.8. The number of rotatable bonds is 6. The van der Waals surface area contributed by atoms with E-state index in [1.807, 2.05) is 70.7 Å². The molecule has 1 aromatic heterocycles. The fourth-order valence-electron chi connectivity index (χ4n) is 3.82. The van der Waals surface area contributed by atoms with Gasteiger partial charge in [-0.15, -0.1) is 0 Å². The van der Waals surface area contributed by atoms with Crippen molar-refractivity contribution in [1.82, 2.24) is 14.7 Å². The van der Waals surface area contributed by atoms with E-state index in [1.54, 1.807) is 0 Å². The highest BCUT2D eigenvalue weighted by atomic mass is 32.2. The summed E-state index contributed by atoms with van der Waals surface area (Å²) in [7, 11) is 0. The summed E-state index contributed by atoms with van der Waals surface area (Å²) in [6, 6.07) is 16.2. The lowest BCUT2D eigenvalue weighted by atomic mass is 10.1. The van der Waals surface area contributed by atoms with E-state index in [0.29, 0.717) is 18.7 Å². The number of ether oxygens (including phenoxy) is 1. The van der Waals surface area contributed by atoms with Gasteiger partial charge in [-0.2, -0.15) is 21.5 Å². The molecule has 0 radical (unpaired) electrons. The normalized spacial score (nSPS) is 14.0. The van der Waals surface area contributed by atoms with Gasteiger partial charge in [0.05, 0.1) is 11.4 Å². The maximum atomic E-state index is 12.8. The van der Waals surface area contributed by atoms with Crippen LogP contribution in [0.15, 0.2) is 48.5 Å². The molecule has 0 spiro atoms. The van der Waals surface area contributed by atoms with Crippen molar-refractivity contribution < 1.29 is 9.53 Å². The fraction of sp³-hybridized carbons (Fsp3) is 0.360. The Hall–Kier alpha value is -2.73. The molecule has 1 aliphatic heterocycles. The summed E-state index contributed by atoms with van der Waals surface area (Å²) in [5.41, 5.74) is 5.17. The molecule has 0 N–H and O–H groups in total. The van der Waals surface area contributed by atoms with Crippen LogP contribution in [0.3, 0.4) is 0 Å². The van der Waals surface area contributed by atoms with Gasteiger partial charge < -0.3 is 9.64 Å². The van der Waals surface area contributed by atoms with Crippen molar-refractivity contribution in [3.05, 3.63) is 70.9 Å². The Morgan fingerprint density at radius 1 is 1.03 bits per heavy atom. The molecule has 2 aromatic carbocycles. The van der Waals surface area contributed by atoms with Crippen LogP contribution in [-0.2, 0) is 11.2 Å². The van der Waals surface area contributed by atoms with Gasteiger partial charge >= 0.3 is 0 Å². The standard InChI is InChI=1S/C25H29N3O2S/c1-18-8-10-21(11-9-18)30-25-22(12-13-24(29)27-14-16-31-17-15-27)20(3)26-28(25)23-7-5-4-6-19(23)2/h4-11H,12-17H2,1-3H3. The Morgan fingerprint density at radius 2 is 1.74 bits per heavy atom. The second-order valence-corrected chi connectivity index (χ2v) is 9.20. The zero-order valence-corrected chi connectivity index (χ0v) is 19.2. The summed E-state index contributed by atoms with van der Waals surface area (Å²) in [4.78, 5) is 14.8. The molecular formula is C25H29N3O2S. The van der Waals surface area contributed by atoms with Crippen LogP contribution in [0.2, 0.25) is 0 Å². The van der Waals surface area contributed by atoms with Crippen LogP contribution in [0.25, 0.3) is 5.69 Å². The first-order valence-corrected chi connectivity index (χ1v) is 11.9. The number of carbonyl (C=O) groups is 1. The summed E-state index contributed by atoms with van der Waals surface area (Å²) in [6.45, 7) is 7.81. The lowest BCUT2D eigenvalue weighted by molar-refractivity contribution is -0.130. The van der Waals surface area contributed by atoms with Crippen molar-refractivity contribution in [3.63, 3.8) is 0 Å². The van der Waals surface area contributed by atoms with Crippen molar-refractivity contribution in [2.75, 3.05) is 24.6 Å². The Morgan fingerprint density at radius 3 is 2.45 bits per heavy atom. The number of hydrogen-bond acceptors (Lipinski definition) is 4. The van der Waals surface area contributed by atoms with E-state index < -0.39 is 0 Å². The van der Waals surface area contributed by atoms with Crippen LogP contribution in [0, 0.1) is 20.8 Å². The third-order valence-corrected chi connectivity index (χ3v) is 6.61. The average molecular weight is 436 g/mol. The predicted molar refractivity (Wildman–Crippen MR) is 127 cm³/mol. The molecule has 1 fully saturated rings. The van der Waals surface area contributed by atoms with Crippen molar-refractivity contribution >= 4 is 17.7 Å². The van der Waals surface area contributed by atoms with Crippen molar-refractivity contribution in [2.24, 2.45) is 0 Å². The molecule has 3 aromatic rings. The molecule has 1 aliphatic rings. The number of amides is 1. The number of benzene rings is 2. The molecule has 0 saturated carbocycles. The summed E-state index contributed by atoms with van der Waals surface area (Å²) in [5, 5.41) is 4.81. The molecule has 0 atom stereocenters. The lowest BCUT2D eigenvalue weighted by Gasteiger charge is -2.26. The largest absolute Gasteiger partial charge is 0.439 e. The second-order valence-electron chi connectivity index (χ2n) is 7.98. The molecule has 1 amide bonds. The van der Waals surface area contributed by atoms with Gasteiger partial charge in [-0.1, -0.05) is 35.9 Å². The molecule has 0 aliphatic carbocycles. The van der Waals surface area contributed by atoms with E-state index >= 15 is 0 Å². The first kappa shape index (κ1) is 21.5. The number of aryl methyl sites for hydroxylation is 3. The minimum absolute atomic E-state index is 0.213. The maximum Gasteiger partial charge on any atom is 0.226 e. The third kappa shape index (κ3) is 4.96. The van der Waals surface area contributed by atoms with Gasteiger partial charge in [0.2, 0.25) is 11.8 Å². The van der Waals surface area contributed by atoms with E-state index in [1.165, 1.54) is 5.56 Å². The molecule has 4 rings (SSSR count). The molecule has 6 heteroatoms. The molecular weight excluding hydrogens is 406 g/mol. The highest BCUT2D eigenvalue weighted by Crippen LogP contribution is 2.32.